The Hall–Kier alpha value is -1.79. The Balaban J connectivity index is 1.94. The van der Waals surface area contributed by atoms with Crippen molar-refractivity contribution in [1.82, 2.24) is 15.5 Å². The van der Waals surface area contributed by atoms with Crippen molar-refractivity contribution in [3.63, 3.8) is 0 Å². The van der Waals surface area contributed by atoms with Gasteiger partial charge < -0.3 is 20.1 Å². The first kappa shape index (κ1) is 21.5. The molecule has 152 valence electrons. The van der Waals surface area contributed by atoms with Crippen molar-refractivity contribution in [3.8, 4) is 5.75 Å². The lowest BCUT2D eigenvalue weighted by molar-refractivity contribution is 0.145. The van der Waals surface area contributed by atoms with E-state index in [1.807, 2.05) is 26.1 Å². The Bertz CT molecular complexity index is 542. The van der Waals surface area contributed by atoms with Gasteiger partial charge in [-0.15, -0.1) is 0 Å². The topological polar surface area (TPSA) is 58.1 Å². The molecule has 0 saturated carbocycles. The first-order valence-electron chi connectivity index (χ1n) is 10.2. The summed E-state index contributed by atoms with van der Waals surface area (Å²) in [6, 6.07) is 8.79. The van der Waals surface area contributed by atoms with Crippen LogP contribution in [0.1, 0.15) is 44.2 Å². The van der Waals surface area contributed by atoms with Gasteiger partial charge in [-0.3, -0.25) is 9.89 Å². The largest absolute Gasteiger partial charge is 0.497 e. The fraction of sp³-hybridized carbons (Fsp3) is 0.667. The smallest absolute Gasteiger partial charge is 0.191 e. The lowest BCUT2D eigenvalue weighted by Crippen LogP contribution is -2.44. The number of rotatable bonds is 10. The van der Waals surface area contributed by atoms with E-state index in [0.29, 0.717) is 6.04 Å². The minimum Gasteiger partial charge on any atom is -0.497 e. The maximum atomic E-state index is 5.39. The third-order valence-corrected chi connectivity index (χ3v) is 4.98. The quantitative estimate of drug-likeness (QED) is 0.374. The molecule has 1 aliphatic heterocycles. The molecule has 1 unspecified atom stereocenters. The van der Waals surface area contributed by atoms with Crippen LogP contribution in [-0.4, -0.2) is 64.4 Å². The summed E-state index contributed by atoms with van der Waals surface area (Å²) in [5.74, 6) is 1.75. The molecular weight excluding hydrogens is 340 g/mol. The predicted molar refractivity (Wildman–Crippen MR) is 112 cm³/mol. The van der Waals surface area contributed by atoms with Crippen molar-refractivity contribution in [2.45, 2.75) is 38.6 Å². The Kier molecular flexibility index (Phi) is 10.0. The van der Waals surface area contributed by atoms with Gasteiger partial charge in [-0.1, -0.05) is 18.6 Å². The molecule has 2 N–H and O–H groups in total. The molecule has 1 aromatic carbocycles. The maximum absolute atomic E-state index is 5.39. The second-order valence-electron chi connectivity index (χ2n) is 6.82. The van der Waals surface area contributed by atoms with Gasteiger partial charge in [0, 0.05) is 33.4 Å². The average molecular weight is 377 g/mol. The van der Waals surface area contributed by atoms with Crippen LogP contribution in [-0.2, 0) is 4.74 Å². The van der Waals surface area contributed by atoms with E-state index in [1.165, 1.54) is 24.8 Å². The van der Waals surface area contributed by atoms with Crippen LogP contribution in [0.2, 0.25) is 0 Å². The Morgan fingerprint density at radius 1 is 1.15 bits per heavy atom. The highest BCUT2D eigenvalue weighted by Crippen LogP contribution is 2.25. The van der Waals surface area contributed by atoms with E-state index < -0.39 is 0 Å². The van der Waals surface area contributed by atoms with E-state index in [1.54, 1.807) is 7.11 Å². The standard InChI is InChI=1S/C21H36N4O2/c1-4-27-16-8-13-23-21(22-2)24-17-20(25-14-6-5-7-15-25)18-9-11-19(26-3)12-10-18/h9-12,20H,4-8,13-17H2,1-3H3,(H2,22,23,24). The predicted octanol–water partition coefficient (Wildman–Crippen LogP) is 2.81. The summed E-state index contributed by atoms with van der Waals surface area (Å²) < 4.78 is 10.7. The number of nitrogens with zero attached hydrogens (tertiary/aromatic N) is 2. The summed E-state index contributed by atoms with van der Waals surface area (Å²) in [5, 5.41) is 6.89. The van der Waals surface area contributed by atoms with Crippen molar-refractivity contribution >= 4 is 5.96 Å². The normalized spacial score (nSPS) is 16.8. The monoisotopic (exact) mass is 376 g/mol. The van der Waals surface area contributed by atoms with E-state index in [0.717, 1.165) is 57.5 Å². The van der Waals surface area contributed by atoms with E-state index in [4.69, 9.17) is 9.47 Å². The summed E-state index contributed by atoms with van der Waals surface area (Å²) in [6.07, 6.45) is 4.86. The molecule has 1 fully saturated rings. The van der Waals surface area contributed by atoms with Crippen LogP contribution in [0.5, 0.6) is 5.75 Å². The summed E-state index contributed by atoms with van der Waals surface area (Å²) in [5.41, 5.74) is 1.32. The van der Waals surface area contributed by atoms with Gasteiger partial charge in [0.1, 0.15) is 5.75 Å². The van der Waals surface area contributed by atoms with Crippen molar-refractivity contribution in [2.24, 2.45) is 4.99 Å². The summed E-state index contributed by atoms with van der Waals surface area (Å²) in [6.45, 7) is 7.56. The molecule has 1 aromatic rings. The van der Waals surface area contributed by atoms with Gasteiger partial charge in [-0.25, -0.2) is 0 Å². The van der Waals surface area contributed by atoms with E-state index >= 15 is 0 Å². The molecule has 0 amide bonds. The number of hydrogen-bond acceptors (Lipinski definition) is 4. The van der Waals surface area contributed by atoms with Gasteiger partial charge in [-0.2, -0.15) is 0 Å². The first-order valence-corrected chi connectivity index (χ1v) is 10.2. The molecule has 0 bridgehead atoms. The lowest BCUT2D eigenvalue weighted by atomic mass is 10.0. The van der Waals surface area contributed by atoms with Crippen LogP contribution in [0.4, 0.5) is 0 Å². The van der Waals surface area contributed by atoms with Crippen molar-refractivity contribution in [2.75, 3.05) is 53.6 Å². The van der Waals surface area contributed by atoms with Gasteiger partial charge >= 0.3 is 0 Å². The van der Waals surface area contributed by atoms with Gasteiger partial charge in [0.15, 0.2) is 5.96 Å². The third-order valence-electron chi connectivity index (χ3n) is 4.98. The van der Waals surface area contributed by atoms with Gasteiger partial charge in [0.2, 0.25) is 0 Å². The van der Waals surface area contributed by atoms with Crippen LogP contribution in [0.15, 0.2) is 29.3 Å². The Morgan fingerprint density at radius 2 is 1.89 bits per heavy atom. The number of hydrogen-bond donors (Lipinski definition) is 2. The summed E-state index contributed by atoms with van der Waals surface area (Å²) in [4.78, 5) is 6.94. The fourth-order valence-electron chi connectivity index (χ4n) is 3.45. The van der Waals surface area contributed by atoms with Gasteiger partial charge in [-0.05, 0) is 57.0 Å². The third kappa shape index (κ3) is 7.39. The number of guanidine groups is 1. The molecule has 6 nitrogen and oxygen atoms in total. The van der Waals surface area contributed by atoms with Crippen molar-refractivity contribution in [1.29, 1.82) is 0 Å². The highest BCUT2D eigenvalue weighted by molar-refractivity contribution is 5.79. The minimum atomic E-state index is 0.332. The minimum absolute atomic E-state index is 0.332. The number of piperidine rings is 1. The molecule has 2 rings (SSSR count). The zero-order chi connectivity index (χ0) is 19.3. The zero-order valence-electron chi connectivity index (χ0n) is 17.2. The number of benzene rings is 1. The molecular formula is C21H36N4O2. The van der Waals surface area contributed by atoms with Crippen LogP contribution >= 0.6 is 0 Å². The molecule has 1 saturated heterocycles. The lowest BCUT2D eigenvalue weighted by Gasteiger charge is -2.35. The van der Waals surface area contributed by atoms with Crippen LogP contribution < -0.4 is 15.4 Å². The number of ether oxygens (including phenoxy) is 2. The molecule has 1 atom stereocenters. The number of aliphatic imine (C=N–C) groups is 1. The second-order valence-corrected chi connectivity index (χ2v) is 6.82. The zero-order valence-corrected chi connectivity index (χ0v) is 17.2. The Labute approximate surface area is 164 Å². The molecule has 1 aliphatic rings. The SMILES string of the molecule is CCOCCCNC(=NC)NCC(c1ccc(OC)cc1)N1CCCCC1. The van der Waals surface area contributed by atoms with Crippen molar-refractivity contribution < 1.29 is 9.47 Å². The average Bonchev–Trinajstić information content (AvgIpc) is 2.73. The summed E-state index contributed by atoms with van der Waals surface area (Å²) in [7, 11) is 3.53. The number of nitrogens with one attached hydrogen (secondary N) is 2. The molecule has 27 heavy (non-hydrogen) atoms. The molecule has 0 aliphatic carbocycles. The highest BCUT2D eigenvalue weighted by Gasteiger charge is 2.22. The van der Waals surface area contributed by atoms with E-state index in [2.05, 4.69) is 32.7 Å². The van der Waals surface area contributed by atoms with E-state index in [-0.39, 0.29) is 0 Å². The highest BCUT2D eigenvalue weighted by atomic mass is 16.5. The molecule has 0 spiro atoms. The molecule has 1 heterocycles. The summed E-state index contributed by atoms with van der Waals surface area (Å²) >= 11 is 0. The van der Waals surface area contributed by atoms with Crippen LogP contribution in [0, 0.1) is 0 Å². The van der Waals surface area contributed by atoms with Crippen LogP contribution in [0.3, 0.4) is 0 Å². The van der Waals surface area contributed by atoms with Gasteiger partial charge in [0.05, 0.1) is 13.2 Å². The number of likely N-dealkylation sites (tertiary alicyclic amines) is 1. The second kappa shape index (κ2) is 12.6. The maximum Gasteiger partial charge on any atom is 0.191 e. The molecule has 6 heteroatoms. The van der Waals surface area contributed by atoms with Gasteiger partial charge in [0.25, 0.3) is 0 Å². The number of methoxy groups -OCH3 is 1. The fourth-order valence-corrected chi connectivity index (χ4v) is 3.45. The van der Waals surface area contributed by atoms with Crippen LogP contribution in [0.25, 0.3) is 0 Å². The first-order chi connectivity index (χ1) is 13.3. The van der Waals surface area contributed by atoms with E-state index in [9.17, 15) is 0 Å². The molecule has 0 aromatic heterocycles. The Morgan fingerprint density at radius 3 is 2.52 bits per heavy atom. The van der Waals surface area contributed by atoms with Crippen molar-refractivity contribution in [3.05, 3.63) is 29.8 Å². The molecule has 0 radical (unpaired) electrons.